The number of nitrogens with one attached hydrogen (secondary N) is 2. The Morgan fingerprint density at radius 3 is 2.43 bits per heavy atom. The van der Waals surface area contributed by atoms with Gasteiger partial charge in [0.05, 0.1) is 6.04 Å². The molecule has 2 unspecified atom stereocenters. The number of unbranched alkanes of at least 4 members (excludes halogenated alkanes) is 1. The maximum atomic E-state index is 12.1. The van der Waals surface area contributed by atoms with E-state index in [4.69, 9.17) is 0 Å². The van der Waals surface area contributed by atoms with Crippen LogP contribution in [0.4, 0.5) is 5.69 Å². The number of hydrogen-bond donors (Lipinski definition) is 2. The van der Waals surface area contributed by atoms with Crippen molar-refractivity contribution in [2.45, 2.75) is 59.4 Å². The lowest BCUT2D eigenvalue weighted by Gasteiger charge is -2.19. The molecule has 0 heterocycles. The van der Waals surface area contributed by atoms with Crippen LogP contribution in [0.15, 0.2) is 24.3 Å². The van der Waals surface area contributed by atoms with E-state index in [2.05, 4.69) is 24.5 Å². The lowest BCUT2D eigenvalue weighted by atomic mass is 9.99. The first-order valence-corrected chi connectivity index (χ1v) is 8.17. The third kappa shape index (κ3) is 6.76. The zero-order valence-corrected chi connectivity index (χ0v) is 13.9. The molecule has 0 fully saturated rings. The van der Waals surface area contributed by atoms with Gasteiger partial charge in [0.15, 0.2) is 0 Å². The van der Waals surface area contributed by atoms with Crippen molar-refractivity contribution in [3.8, 4) is 0 Å². The van der Waals surface area contributed by atoms with Crippen LogP contribution in [-0.2, 0) is 4.79 Å². The Kier molecular flexibility index (Phi) is 8.06. The molecule has 21 heavy (non-hydrogen) atoms. The molecule has 1 aromatic rings. The summed E-state index contributed by atoms with van der Waals surface area (Å²) in [6.45, 7) is 9.32. The van der Waals surface area contributed by atoms with E-state index in [0.717, 1.165) is 12.2 Å². The van der Waals surface area contributed by atoms with Gasteiger partial charge in [-0.2, -0.15) is 0 Å². The van der Waals surface area contributed by atoms with Gasteiger partial charge < -0.3 is 10.6 Å². The fourth-order valence-electron chi connectivity index (χ4n) is 2.27. The fourth-order valence-corrected chi connectivity index (χ4v) is 2.27. The molecule has 2 atom stereocenters. The average molecular weight is 290 g/mol. The molecule has 3 nitrogen and oxygen atoms in total. The van der Waals surface area contributed by atoms with Crippen LogP contribution in [-0.4, -0.2) is 18.5 Å². The maximum absolute atomic E-state index is 12.1. The highest BCUT2D eigenvalue weighted by Crippen LogP contribution is 2.12. The fraction of sp³-hybridized carbons (Fsp3) is 0.611. The van der Waals surface area contributed by atoms with Gasteiger partial charge in [-0.25, -0.2) is 0 Å². The number of amides is 1. The van der Waals surface area contributed by atoms with E-state index >= 15 is 0 Å². The quantitative estimate of drug-likeness (QED) is 0.718. The number of aryl methyl sites for hydroxylation is 1. The number of anilines is 1. The molecule has 0 saturated carbocycles. The van der Waals surface area contributed by atoms with Crippen LogP contribution < -0.4 is 10.6 Å². The minimum absolute atomic E-state index is 0.0317. The predicted octanol–water partition coefficient (Wildman–Crippen LogP) is 4.13. The molecular formula is C18H30N2O. The molecule has 0 spiro atoms. The smallest absolute Gasteiger partial charge is 0.241 e. The first-order valence-electron chi connectivity index (χ1n) is 8.17. The third-order valence-electron chi connectivity index (χ3n) is 3.97. The summed E-state index contributed by atoms with van der Waals surface area (Å²) in [7, 11) is 0. The van der Waals surface area contributed by atoms with Gasteiger partial charge in [-0.05, 0) is 44.9 Å². The summed E-state index contributed by atoms with van der Waals surface area (Å²) in [5, 5.41) is 6.31. The summed E-state index contributed by atoms with van der Waals surface area (Å²) >= 11 is 0. The highest BCUT2D eigenvalue weighted by molar-refractivity contribution is 5.94. The summed E-state index contributed by atoms with van der Waals surface area (Å²) in [5.74, 6) is 0.698. The second-order valence-corrected chi connectivity index (χ2v) is 5.90. The summed E-state index contributed by atoms with van der Waals surface area (Å²) in [4.78, 5) is 12.1. The predicted molar refractivity (Wildman–Crippen MR) is 90.6 cm³/mol. The van der Waals surface area contributed by atoms with Crippen molar-refractivity contribution in [3.05, 3.63) is 29.8 Å². The van der Waals surface area contributed by atoms with Gasteiger partial charge in [-0.3, -0.25) is 4.79 Å². The van der Waals surface area contributed by atoms with Gasteiger partial charge in [-0.15, -0.1) is 0 Å². The number of rotatable bonds is 9. The summed E-state index contributed by atoms with van der Waals surface area (Å²) < 4.78 is 0. The van der Waals surface area contributed by atoms with Gasteiger partial charge in [0.1, 0.15) is 0 Å². The Hall–Kier alpha value is -1.35. The van der Waals surface area contributed by atoms with Gasteiger partial charge in [-0.1, -0.05) is 50.8 Å². The number of carbonyl (C=O) groups is 1. The standard InChI is InChI=1S/C18H30N2O/c1-5-7-8-16(6-2)13-19-15(4)18(21)20-17-11-9-14(3)10-12-17/h9-12,15-16,19H,5-8,13H2,1-4H3,(H,20,21). The van der Waals surface area contributed by atoms with Crippen LogP contribution in [0.2, 0.25) is 0 Å². The topological polar surface area (TPSA) is 41.1 Å². The van der Waals surface area contributed by atoms with E-state index in [1.165, 1.54) is 31.2 Å². The molecule has 0 aliphatic heterocycles. The minimum Gasteiger partial charge on any atom is -0.325 e. The van der Waals surface area contributed by atoms with Crippen molar-refractivity contribution in [2.75, 3.05) is 11.9 Å². The van der Waals surface area contributed by atoms with Crippen molar-refractivity contribution < 1.29 is 4.79 Å². The summed E-state index contributed by atoms with van der Waals surface area (Å²) in [6.07, 6.45) is 4.91. The van der Waals surface area contributed by atoms with E-state index in [1.54, 1.807) is 0 Å². The Balaban J connectivity index is 2.38. The Labute approximate surface area is 129 Å². The Morgan fingerprint density at radius 2 is 1.86 bits per heavy atom. The lowest BCUT2D eigenvalue weighted by molar-refractivity contribution is -0.117. The monoisotopic (exact) mass is 290 g/mol. The Bertz CT molecular complexity index is 414. The highest BCUT2D eigenvalue weighted by atomic mass is 16.2. The second-order valence-electron chi connectivity index (χ2n) is 5.90. The van der Waals surface area contributed by atoms with Gasteiger partial charge in [0.25, 0.3) is 0 Å². The SMILES string of the molecule is CCCCC(CC)CNC(C)C(=O)Nc1ccc(C)cc1. The van der Waals surface area contributed by atoms with Crippen molar-refractivity contribution in [1.29, 1.82) is 0 Å². The van der Waals surface area contributed by atoms with Crippen LogP contribution in [0.5, 0.6) is 0 Å². The number of carbonyl (C=O) groups excluding carboxylic acids is 1. The lowest BCUT2D eigenvalue weighted by Crippen LogP contribution is -2.40. The van der Waals surface area contributed by atoms with Crippen molar-refractivity contribution in [2.24, 2.45) is 5.92 Å². The molecule has 1 aromatic carbocycles. The molecule has 0 aromatic heterocycles. The van der Waals surface area contributed by atoms with Crippen molar-refractivity contribution in [3.63, 3.8) is 0 Å². The number of benzene rings is 1. The van der Waals surface area contributed by atoms with Crippen LogP contribution in [0.1, 0.15) is 52.0 Å². The van der Waals surface area contributed by atoms with Crippen LogP contribution in [0.25, 0.3) is 0 Å². The van der Waals surface area contributed by atoms with E-state index in [1.807, 2.05) is 38.1 Å². The number of hydrogen-bond acceptors (Lipinski definition) is 2. The van der Waals surface area contributed by atoms with Crippen molar-refractivity contribution in [1.82, 2.24) is 5.32 Å². The molecular weight excluding hydrogens is 260 g/mol. The van der Waals surface area contributed by atoms with Crippen LogP contribution >= 0.6 is 0 Å². The normalized spacial score (nSPS) is 13.7. The van der Waals surface area contributed by atoms with Crippen molar-refractivity contribution >= 4 is 11.6 Å². The van der Waals surface area contributed by atoms with Gasteiger partial charge in [0.2, 0.25) is 5.91 Å². The zero-order valence-electron chi connectivity index (χ0n) is 13.9. The first kappa shape index (κ1) is 17.7. The maximum Gasteiger partial charge on any atom is 0.241 e. The summed E-state index contributed by atoms with van der Waals surface area (Å²) in [5.41, 5.74) is 2.05. The first-order chi connectivity index (χ1) is 10.1. The zero-order chi connectivity index (χ0) is 15.7. The van der Waals surface area contributed by atoms with E-state index < -0.39 is 0 Å². The highest BCUT2D eigenvalue weighted by Gasteiger charge is 2.14. The average Bonchev–Trinajstić information content (AvgIpc) is 2.49. The third-order valence-corrected chi connectivity index (χ3v) is 3.97. The van der Waals surface area contributed by atoms with Gasteiger partial charge >= 0.3 is 0 Å². The molecule has 118 valence electrons. The van der Waals surface area contributed by atoms with Crippen LogP contribution in [0, 0.1) is 12.8 Å². The molecule has 3 heteroatoms. The van der Waals surface area contributed by atoms with E-state index in [0.29, 0.717) is 5.92 Å². The van der Waals surface area contributed by atoms with Crippen LogP contribution in [0.3, 0.4) is 0 Å². The van der Waals surface area contributed by atoms with E-state index in [9.17, 15) is 4.79 Å². The molecule has 0 bridgehead atoms. The summed E-state index contributed by atoms with van der Waals surface area (Å²) in [6, 6.07) is 7.73. The molecule has 0 aliphatic carbocycles. The van der Waals surface area contributed by atoms with E-state index in [-0.39, 0.29) is 11.9 Å². The molecule has 0 aliphatic rings. The molecule has 0 radical (unpaired) electrons. The molecule has 0 saturated heterocycles. The minimum atomic E-state index is -0.165. The molecule has 2 N–H and O–H groups in total. The molecule has 1 amide bonds. The largest absolute Gasteiger partial charge is 0.325 e. The molecule has 1 rings (SSSR count). The second kappa shape index (κ2) is 9.56. The Morgan fingerprint density at radius 1 is 1.19 bits per heavy atom. The van der Waals surface area contributed by atoms with Gasteiger partial charge in [0, 0.05) is 5.69 Å².